The molecule has 2 aromatic rings. The van der Waals surface area contributed by atoms with Gasteiger partial charge in [0.2, 0.25) is 0 Å². The number of aryl methyl sites for hydroxylation is 2. The van der Waals surface area contributed by atoms with Crippen molar-refractivity contribution in [2.45, 2.75) is 26.3 Å². The number of carbonyl (C=O) groups excluding carboxylic acids is 1. The molecular formula is C15H19FN2O2. The summed E-state index contributed by atoms with van der Waals surface area (Å²) in [6.45, 7) is 3.80. The molecule has 1 aromatic heterocycles. The summed E-state index contributed by atoms with van der Waals surface area (Å²) in [6.07, 6.45) is 0.366. The van der Waals surface area contributed by atoms with Crippen molar-refractivity contribution in [1.82, 2.24) is 4.57 Å². The molecule has 4 nitrogen and oxygen atoms in total. The number of hydrogen-bond acceptors (Lipinski definition) is 3. The normalized spacial score (nSPS) is 12.7. The van der Waals surface area contributed by atoms with E-state index < -0.39 is 12.0 Å². The number of hydrogen-bond donors (Lipinski definition) is 1. The number of fused-ring (bicyclic) bond motifs is 1. The zero-order valence-electron chi connectivity index (χ0n) is 11.9. The maximum atomic E-state index is 13.6. The highest BCUT2D eigenvalue weighted by atomic mass is 19.1. The Morgan fingerprint density at radius 2 is 2.20 bits per heavy atom. The molecular weight excluding hydrogens is 259 g/mol. The quantitative estimate of drug-likeness (QED) is 0.871. The average Bonchev–Trinajstić information content (AvgIpc) is 2.72. The Morgan fingerprint density at radius 3 is 2.85 bits per heavy atom. The van der Waals surface area contributed by atoms with Crippen LogP contribution < -0.4 is 5.73 Å². The first kappa shape index (κ1) is 14.5. The van der Waals surface area contributed by atoms with Crippen molar-refractivity contribution >= 4 is 16.9 Å². The average molecular weight is 278 g/mol. The van der Waals surface area contributed by atoms with Gasteiger partial charge in [-0.1, -0.05) is 0 Å². The van der Waals surface area contributed by atoms with Gasteiger partial charge in [0.05, 0.1) is 12.1 Å². The number of halogens is 1. The smallest absolute Gasteiger partial charge is 0.323 e. The summed E-state index contributed by atoms with van der Waals surface area (Å²) < 4.78 is 20.4. The third kappa shape index (κ3) is 2.54. The topological polar surface area (TPSA) is 57.2 Å². The maximum absolute atomic E-state index is 13.6. The predicted molar refractivity (Wildman–Crippen MR) is 75.9 cm³/mol. The van der Waals surface area contributed by atoms with Crippen molar-refractivity contribution in [3.8, 4) is 0 Å². The van der Waals surface area contributed by atoms with Crippen LogP contribution in [-0.2, 0) is 23.0 Å². The second-order valence-electron chi connectivity index (χ2n) is 4.87. The van der Waals surface area contributed by atoms with Crippen molar-refractivity contribution in [2.24, 2.45) is 12.8 Å². The molecule has 0 bridgehead atoms. The molecule has 0 aliphatic heterocycles. The zero-order valence-corrected chi connectivity index (χ0v) is 11.9. The molecule has 1 atom stereocenters. The van der Waals surface area contributed by atoms with E-state index in [0.29, 0.717) is 18.6 Å². The summed E-state index contributed by atoms with van der Waals surface area (Å²) in [5, 5.41) is 0.942. The molecule has 108 valence electrons. The van der Waals surface area contributed by atoms with E-state index in [1.165, 1.54) is 6.07 Å². The number of rotatable bonds is 4. The van der Waals surface area contributed by atoms with Crippen LogP contribution in [0.4, 0.5) is 4.39 Å². The molecule has 0 spiro atoms. The summed E-state index contributed by atoms with van der Waals surface area (Å²) in [5.74, 6) is -0.652. The van der Waals surface area contributed by atoms with Crippen LogP contribution in [-0.4, -0.2) is 23.2 Å². The Morgan fingerprint density at radius 1 is 1.50 bits per heavy atom. The van der Waals surface area contributed by atoms with Gasteiger partial charge in [0.15, 0.2) is 0 Å². The lowest BCUT2D eigenvalue weighted by atomic mass is 10.1. The number of benzene rings is 1. The van der Waals surface area contributed by atoms with Crippen LogP contribution in [0.1, 0.15) is 18.2 Å². The fourth-order valence-corrected chi connectivity index (χ4v) is 2.43. The SMILES string of the molecule is CCOC(=O)C(N)Cc1cc2ccc(F)c(C)c2n1C. The Balaban J connectivity index is 2.34. The van der Waals surface area contributed by atoms with Crippen LogP contribution in [0.15, 0.2) is 18.2 Å². The number of nitrogens with zero attached hydrogens (tertiary/aromatic N) is 1. The van der Waals surface area contributed by atoms with Gasteiger partial charge in [-0.3, -0.25) is 4.79 Å². The Bertz CT molecular complexity index is 649. The lowest BCUT2D eigenvalue weighted by molar-refractivity contribution is -0.144. The maximum Gasteiger partial charge on any atom is 0.323 e. The molecule has 0 radical (unpaired) electrons. The number of ether oxygens (including phenoxy) is 1. The van der Waals surface area contributed by atoms with Crippen molar-refractivity contribution < 1.29 is 13.9 Å². The predicted octanol–water partition coefficient (Wildman–Crippen LogP) is 2.06. The van der Waals surface area contributed by atoms with Crippen LogP contribution in [0, 0.1) is 12.7 Å². The molecule has 1 unspecified atom stereocenters. The van der Waals surface area contributed by atoms with E-state index in [-0.39, 0.29) is 5.82 Å². The minimum atomic E-state index is -0.705. The van der Waals surface area contributed by atoms with Crippen molar-refractivity contribution in [2.75, 3.05) is 6.61 Å². The highest BCUT2D eigenvalue weighted by Crippen LogP contribution is 2.24. The van der Waals surface area contributed by atoms with E-state index in [2.05, 4.69) is 0 Å². The molecule has 0 aliphatic carbocycles. The molecule has 1 aromatic carbocycles. The summed E-state index contributed by atoms with van der Waals surface area (Å²) in [6, 6.07) is 4.41. The lowest BCUT2D eigenvalue weighted by Crippen LogP contribution is -2.34. The van der Waals surface area contributed by atoms with Gasteiger partial charge >= 0.3 is 5.97 Å². The van der Waals surface area contributed by atoms with Gasteiger partial charge in [-0.2, -0.15) is 0 Å². The lowest BCUT2D eigenvalue weighted by Gasteiger charge is -2.11. The van der Waals surface area contributed by atoms with E-state index >= 15 is 0 Å². The highest BCUT2D eigenvalue weighted by Gasteiger charge is 2.18. The van der Waals surface area contributed by atoms with Crippen LogP contribution in [0.5, 0.6) is 0 Å². The van der Waals surface area contributed by atoms with Crippen LogP contribution >= 0.6 is 0 Å². The van der Waals surface area contributed by atoms with E-state index in [1.807, 2.05) is 17.7 Å². The zero-order chi connectivity index (χ0) is 14.9. The molecule has 2 N–H and O–H groups in total. The molecule has 0 aliphatic rings. The number of esters is 1. The standard InChI is InChI=1S/C15H19FN2O2/c1-4-20-15(19)13(17)8-11-7-10-5-6-12(16)9(2)14(10)18(11)3/h5-7,13H,4,8,17H2,1-3H3. The first-order valence-corrected chi connectivity index (χ1v) is 6.61. The number of aromatic nitrogens is 1. The highest BCUT2D eigenvalue weighted by molar-refractivity contribution is 5.85. The van der Waals surface area contributed by atoms with E-state index in [9.17, 15) is 9.18 Å². The van der Waals surface area contributed by atoms with Gasteiger partial charge in [0.25, 0.3) is 0 Å². The summed E-state index contributed by atoms with van der Waals surface area (Å²) in [5.41, 5.74) is 8.14. The molecule has 0 saturated heterocycles. The molecule has 1 heterocycles. The second kappa shape index (κ2) is 5.63. The molecule has 0 amide bonds. The first-order chi connectivity index (χ1) is 9.45. The second-order valence-corrected chi connectivity index (χ2v) is 4.87. The molecule has 0 fully saturated rings. The number of carbonyl (C=O) groups is 1. The molecule has 5 heteroatoms. The van der Waals surface area contributed by atoms with Crippen molar-refractivity contribution in [1.29, 1.82) is 0 Å². The van der Waals surface area contributed by atoms with E-state index in [4.69, 9.17) is 10.5 Å². The van der Waals surface area contributed by atoms with Gasteiger partial charge in [0.1, 0.15) is 11.9 Å². The van der Waals surface area contributed by atoms with Crippen LogP contribution in [0.25, 0.3) is 10.9 Å². The van der Waals surface area contributed by atoms with Gasteiger partial charge in [-0.15, -0.1) is 0 Å². The first-order valence-electron chi connectivity index (χ1n) is 6.61. The van der Waals surface area contributed by atoms with Gasteiger partial charge < -0.3 is 15.0 Å². The summed E-state index contributed by atoms with van der Waals surface area (Å²) in [4.78, 5) is 11.6. The fourth-order valence-electron chi connectivity index (χ4n) is 2.43. The van der Waals surface area contributed by atoms with Gasteiger partial charge in [-0.05, 0) is 32.0 Å². The minimum absolute atomic E-state index is 0.236. The Kier molecular flexibility index (Phi) is 4.09. The Hall–Kier alpha value is -1.88. The van der Waals surface area contributed by atoms with Crippen LogP contribution in [0.3, 0.4) is 0 Å². The monoisotopic (exact) mass is 278 g/mol. The van der Waals surface area contributed by atoms with Gasteiger partial charge in [-0.25, -0.2) is 4.39 Å². The van der Waals surface area contributed by atoms with E-state index in [0.717, 1.165) is 16.6 Å². The third-order valence-electron chi connectivity index (χ3n) is 3.50. The van der Waals surface area contributed by atoms with Gasteiger partial charge in [0, 0.05) is 30.1 Å². The largest absolute Gasteiger partial charge is 0.465 e. The Labute approximate surface area is 117 Å². The summed E-state index contributed by atoms with van der Waals surface area (Å²) >= 11 is 0. The van der Waals surface area contributed by atoms with Crippen molar-refractivity contribution in [3.63, 3.8) is 0 Å². The van der Waals surface area contributed by atoms with E-state index in [1.54, 1.807) is 19.9 Å². The molecule has 2 rings (SSSR count). The van der Waals surface area contributed by atoms with Crippen molar-refractivity contribution in [3.05, 3.63) is 35.3 Å². The third-order valence-corrected chi connectivity index (χ3v) is 3.50. The van der Waals surface area contributed by atoms with Crippen LogP contribution in [0.2, 0.25) is 0 Å². The molecule has 20 heavy (non-hydrogen) atoms. The number of nitrogens with two attached hydrogens (primary N) is 1. The summed E-state index contributed by atoms with van der Waals surface area (Å²) in [7, 11) is 1.85. The molecule has 0 saturated carbocycles. The minimum Gasteiger partial charge on any atom is -0.465 e. The fraction of sp³-hybridized carbons (Fsp3) is 0.400.